The largest absolute Gasteiger partial charge is 0.385 e. The quantitative estimate of drug-likeness (QED) is 0.907. The van der Waals surface area contributed by atoms with E-state index in [-0.39, 0.29) is 18.3 Å². The average molecular weight is 309 g/mol. The van der Waals surface area contributed by atoms with Gasteiger partial charge in [0.15, 0.2) is 0 Å². The van der Waals surface area contributed by atoms with Crippen molar-refractivity contribution in [3.63, 3.8) is 0 Å². The first kappa shape index (κ1) is 14.9. The van der Waals surface area contributed by atoms with Crippen molar-refractivity contribution in [2.75, 3.05) is 17.2 Å². The van der Waals surface area contributed by atoms with E-state index in [4.69, 9.17) is 0 Å². The summed E-state index contributed by atoms with van der Waals surface area (Å²) in [5.74, 6) is 0.0436. The van der Waals surface area contributed by atoms with Gasteiger partial charge in [-0.15, -0.1) is 12.4 Å². The molecular weight excluding hydrogens is 292 g/mol. The molecule has 20 heavy (non-hydrogen) atoms. The molecule has 2 aromatic rings. The van der Waals surface area contributed by atoms with Crippen molar-refractivity contribution >= 4 is 41.0 Å². The Morgan fingerprint density at radius 3 is 3.05 bits per heavy atom. The van der Waals surface area contributed by atoms with Crippen molar-refractivity contribution in [1.82, 2.24) is 0 Å². The summed E-state index contributed by atoms with van der Waals surface area (Å²) in [6.07, 6.45) is 2.68. The summed E-state index contributed by atoms with van der Waals surface area (Å²) < 4.78 is 0. The highest BCUT2D eigenvalue weighted by molar-refractivity contribution is 7.08. The number of aryl methyl sites for hydroxylation is 1. The summed E-state index contributed by atoms with van der Waals surface area (Å²) in [5, 5.41) is 10.3. The third-order valence-corrected chi connectivity index (χ3v) is 4.00. The SMILES string of the molecule is Cl.O=C(Cc1ccsc1)Nc1ccc2c(c1)CCCN2. The highest BCUT2D eigenvalue weighted by atomic mass is 35.5. The molecule has 0 fully saturated rings. The number of benzene rings is 1. The molecule has 0 saturated carbocycles. The highest BCUT2D eigenvalue weighted by Crippen LogP contribution is 2.25. The molecule has 1 aliphatic rings. The van der Waals surface area contributed by atoms with E-state index in [1.54, 1.807) is 11.3 Å². The number of amides is 1. The lowest BCUT2D eigenvalue weighted by molar-refractivity contribution is -0.115. The lowest BCUT2D eigenvalue weighted by Gasteiger charge is -2.18. The van der Waals surface area contributed by atoms with Crippen molar-refractivity contribution in [2.24, 2.45) is 0 Å². The minimum absolute atomic E-state index is 0. The zero-order chi connectivity index (χ0) is 13.1. The Kier molecular flexibility index (Phi) is 5.04. The zero-order valence-corrected chi connectivity index (χ0v) is 12.7. The van der Waals surface area contributed by atoms with E-state index < -0.39 is 0 Å². The number of rotatable bonds is 3. The summed E-state index contributed by atoms with van der Waals surface area (Å²) in [7, 11) is 0. The fourth-order valence-electron chi connectivity index (χ4n) is 2.34. The fourth-order valence-corrected chi connectivity index (χ4v) is 3.01. The lowest BCUT2D eigenvalue weighted by Crippen LogP contribution is -2.15. The summed E-state index contributed by atoms with van der Waals surface area (Å²) in [6.45, 7) is 1.04. The van der Waals surface area contributed by atoms with Crippen molar-refractivity contribution < 1.29 is 4.79 Å². The molecular formula is C15H17ClN2OS. The summed E-state index contributed by atoms with van der Waals surface area (Å²) >= 11 is 1.62. The second-order valence-corrected chi connectivity index (χ2v) is 5.54. The number of fused-ring (bicyclic) bond motifs is 1. The van der Waals surface area contributed by atoms with Crippen LogP contribution in [-0.4, -0.2) is 12.5 Å². The number of nitrogens with one attached hydrogen (secondary N) is 2. The number of hydrogen-bond donors (Lipinski definition) is 2. The van der Waals surface area contributed by atoms with Crippen molar-refractivity contribution in [3.05, 3.63) is 46.2 Å². The normalized spacial score (nSPS) is 12.8. The summed E-state index contributed by atoms with van der Waals surface area (Å²) in [4.78, 5) is 11.9. The van der Waals surface area contributed by atoms with Crippen molar-refractivity contribution in [1.29, 1.82) is 0 Å². The van der Waals surface area contributed by atoms with Crippen LogP contribution in [0.1, 0.15) is 17.5 Å². The zero-order valence-electron chi connectivity index (χ0n) is 11.0. The molecule has 0 aliphatic carbocycles. The van der Waals surface area contributed by atoms with Gasteiger partial charge in [0, 0.05) is 17.9 Å². The van der Waals surface area contributed by atoms with Gasteiger partial charge in [0.2, 0.25) is 5.91 Å². The van der Waals surface area contributed by atoms with Gasteiger partial charge in [0.25, 0.3) is 0 Å². The number of carbonyl (C=O) groups is 1. The molecule has 1 aromatic carbocycles. The van der Waals surface area contributed by atoms with Crippen LogP contribution in [0.5, 0.6) is 0 Å². The maximum absolute atomic E-state index is 11.9. The van der Waals surface area contributed by atoms with Gasteiger partial charge in [-0.2, -0.15) is 11.3 Å². The summed E-state index contributed by atoms with van der Waals surface area (Å²) in [6, 6.07) is 8.07. The van der Waals surface area contributed by atoms with E-state index in [2.05, 4.69) is 22.8 Å². The third kappa shape index (κ3) is 3.52. The van der Waals surface area contributed by atoms with Crippen LogP contribution in [0, 0.1) is 0 Å². The smallest absolute Gasteiger partial charge is 0.228 e. The lowest BCUT2D eigenvalue weighted by atomic mass is 10.0. The Labute approximate surface area is 128 Å². The van der Waals surface area contributed by atoms with Gasteiger partial charge in [-0.05, 0) is 59.0 Å². The van der Waals surface area contributed by atoms with Gasteiger partial charge in [-0.25, -0.2) is 0 Å². The van der Waals surface area contributed by atoms with Gasteiger partial charge >= 0.3 is 0 Å². The van der Waals surface area contributed by atoms with E-state index in [1.165, 1.54) is 11.3 Å². The highest BCUT2D eigenvalue weighted by Gasteiger charge is 2.10. The third-order valence-electron chi connectivity index (χ3n) is 3.27. The molecule has 0 radical (unpaired) electrons. The molecule has 2 heterocycles. The number of halogens is 1. The standard InChI is InChI=1S/C15H16N2OS.ClH/c18-15(8-11-5-7-19-10-11)17-13-3-4-14-12(9-13)2-1-6-16-14;/h3-5,7,9-10,16H,1-2,6,8H2,(H,17,18);1H. The van der Waals surface area contributed by atoms with Crippen LogP contribution < -0.4 is 10.6 Å². The number of anilines is 2. The molecule has 106 valence electrons. The predicted molar refractivity (Wildman–Crippen MR) is 87.2 cm³/mol. The van der Waals surface area contributed by atoms with Crippen LogP contribution in [-0.2, 0) is 17.6 Å². The monoisotopic (exact) mass is 308 g/mol. The Morgan fingerprint density at radius 1 is 1.35 bits per heavy atom. The first-order valence-electron chi connectivity index (χ1n) is 6.49. The second kappa shape index (κ2) is 6.77. The molecule has 0 spiro atoms. The molecule has 2 N–H and O–H groups in total. The van der Waals surface area contributed by atoms with Crippen molar-refractivity contribution in [3.8, 4) is 0 Å². The van der Waals surface area contributed by atoms with E-state index in [1.807, 2.05) is 22.9 Å². The second-order valence-electron chi connectivity index (χ2n) is 4.76. The minimum Gasteiger partial charge on any atom is -0.385 e. The van der Waals surface area contributed by atoms with Gasteiger partial charge in [0.05, 0.1) is 6.42 Å². The molecule has 0 bridgehead atoms. The fraction of sp³-hybridized carbons (Fsp3) is 0.267. The number of carbonyl (C=O) groups excluding carboxylic acids is 1. The van der Waals surface area contributed by atoms with Gasteiger partial charge in [-0.3, -0.25) is 4.79 Å². The van der Waals surface area contributed by atoms with Crippen LogP contribution in [0.15, 0.2) is 35.0 Å². The van der Waals surface area contributed by atoms with Crippen LogP contribution >= 0.6 is 23.7 Å². The molecule has 1 aromatic heterocycles. The molecule has 0 atom stereocenters. The molecule has 5 heteroatoms. The van der Waals surface area contributed by atoms with Gasteiger partial charge < -0.3 is 10.6 Å². The topological polar surface area (TPSA) is 41.1 Å². The predicted octanol–water partition coefficient (Wildman–Crippen LogP) is 3.71. The van der Waals surface area contributed by atoms with Crippen molar-refractivity contribution in [2.45, 2.75) is 19.3 Å². The van der Waals surface area contributed by atoms with Crippen LogP contribution in [0.25, 0.3) is 0 Å². The van der Waals surface area contributed by atoms with Crippen LogP contribution in [0.3, 0.4) is 0 Å². The Morgan fingerprint density at radius 2 is 2.25 bits per heavy atom. The molecule has 0 unspecified atom stereocenters. The number of thiophene rings is 1. The van der Waals surface area contributed by atoms with Crippen LogP contribution in [0.4, 0.5) is 11.4 Å². The first-order valence-corrected chi connectivity index (χ1v) is 7.43. The minimum atomic E-state index is 0. The molecule has 3 rings (SSSR count). The van der Waals surface area contributed by atoms with E-state index in [0.717, 1.165) is 30.6 Å². The maximum atomic E-state index is 11.9. The first-order chi connectivity index (χ1) is 9.31. The van der Waals surface area contributed by atoms with Gasteiger partial charge in [-0.1, -0.05) is 0 Å². The van der Waals surface area contributed by atoms with E-state index in [9.17, 15) is 4.79 Å². The molecule has 1 amide bonds. The van der Waals surface area contributed by atoms with E-state index in [0.29, 0.717) is 6.42 Å². The molecule has 1 aliphatic heterocycles. The number of hydrogen-bond acceptors (Lipinski definition) is 3. The summed E-state index contributed by atoms with van der Waals surface area (Å²) in [5.41, 5.74) is 4.45. The van der Waals surface area contributed by atoms with E-state index >= 15 is 0 Å². The average Bonchev–Trinajstić information content (AvgIpc) is 2.91. The Bertz CT molecular complexity index is 584. The molecule has 0 saturated heterocycles. The van der Waals surface area contributed by atoms with Crippen LogP contribution in [0.2, 0.25) is 0 Å². The van der Waals surface area contributed by atoms with Gasteiger partial charge in [0.1, 0.15) is 0 Å². The molecule has 3 nitrogen and oxygen atoms in total. The maximum Gasteiger partial charge on any atom is 0.228 e. The Balaban J connectivity index is 0.00000147. The Hall–Kier alpha value is -1.52.